The van der Waals surface area contributed by atoms with Crippen LogP contribution in [0.15, 0.2) is 84.9 Å². The topological polar surface area (TPSA) is 70.2 Å². The van der Waals surface area contributed by atoms with Gasteiger partial charge in [0.05, 0.1) is 0 Å². The van der Waals surface area contributed by atoms with Gasteiger partial charge in [-0.25, -0.2) is 4.79 Å². The fraction of sp³-hybridized carbons (Fsp3) is 0.0909. The van der Waals surface area contributed by atoms with Gasteiger partial charge in [-0.05, 0) is 30.7 Å². The number of carbonyl (C=O) groups excluding carboxylic acids is 2. The van der Waals surface area contributed by atoms with E-state index in [0.717, 1.165) is 11.1 Å². The van der Waals surface area contributed by atoms with Crippen molar-refractivity contribution in [2.45, 2.75) is 13.0 Å². The first-order valence-corrected chi connectivity index (χ1v) is 8.71. The lowest BCUT2D eigenvalue weighted by atomic mass is 10.0. The number of hydrogen-bond donors (Lipinski definition) is 3. The summed E-state index contributed by atoms with van der Waals surface area (Å²) in [5.41, 5.74) is 3.30. The number of para-hydroxylation sites is 2. The van der Waals surface area contributed by atoms with Crippen LogP contribution in [0.1, 0.15) is 6.92 Å². The summed E-state index contributed by atoms with van der Waals surface area (Å²) in [7, 11) is 0. The molecule has 3 aromatic carbocycles. The van der Waals surface area contributed by atoms with Crippen molar-refractivity contribution in [3.63, 3.8) is 0 Å². The Bertz CT molecular complexity index is 911. The maximum absolute atomic E-state index is 12.5. The molecule has 0 bridgehead atoms. The first kappa shape index (κ1) is 18.2. The van der Waals surface area contributed by atoms with Gasteiger partial charge in [0.15, 0.2) is 0 Å². The van der Waals surface area contributed by atoms with Crippen molar-refractivity contribution in [3.8, 4) is 11.1 Å². The highest BCUT2D eigenvalue weighted by Crippen LogP contribution is 2.27. The van der Waals surface area contributed by atoms with E-state index in [1.807, 2.05) is 72.8 Å². The van der Waals surface area contributed by atoms with Crippen molar-refractivity contribution in [3.05, 3.63) is 84.9 Å². The highest BCUT2D eigenvalue weighted by molar-refractivity contribution is 6.01. The number of benzene rings is 3. The molecule has 0 aliphatic heterocycles. The van der Waals surface area contributed by atoms with Crippen molar-refractivity contribution in [2.24, 2.45) is 0 Å². The fourth-order valence-corrected chi connectivity index (χ4v) is 2.65. The van der Waals surface area contributed by atoms with Gasteiger partial charge in [-0.2, -0.15) is 0 Å². The van der Waals surface area contributed by atoms with Crippen LogP contribution in [-0.2, 0) is 4.79 Å². The molecule has 0 aliphatic carbocycles. The molecule has 0 aromatic heterocycles. The minimum Gasteiger partial charge on any atom is -0.326 e. The van der Waals surface area contributed by atoms with Gasteiger partial charge in [0.25, 0.3) is 0 Å². The Balaban J connectivity index is 1.64. The second-order valence-corrected chi connectivity index (χ2v) is 6.09. The van der Waals surface area contributed by atoms with E-state index in [-0.39, 0.29) is 5.91 Å². The van der Waals surface area contributed by atoms with E-state index in [0.29, 0.717) is 11.4 Å². The number of hydrogen-bond acceptors (Lipinski definition) is 2. The molecule has 0 saturated heterocycles. The Morgan fingerprint density at radius 2 is 1.33 bits per heavy atom. The van der Waals surface area contributed by atoms with E-state index >= 15 is 0 Å². The summed E-state index contributed by atoms with van der Waals surface area (Å²) in [6.45, 7) is 1.64. The molecule has 5 nitrogen and oxygen atoms in total. The maximum atomic E-state index is 12.5. The Hall–Kier alpha value is -3.60. The molecule has 0 spiro atoms. The standard InChI is InChI=1S/C22H21N3O2/c1-16(23-22(27)24-18-12-6-3-7-13-18)21(26)25-20-15-9-8-14-19(20)17-10-4-2-5-11-17/h2-16H,1H3,(H,25,26)(H2,23,24,27). The monoisotopic (exact) mass is 359 g/mol. The quantitative estimate of drug-likeness (QED) is 0.628. The third-order valence-electron chi connectivity index (χ3n) is 4.04. The molecule has 0 aliphatic rings. The average Bonchev–Trinajstić information content (AvgIpc) is 2.69. The molecule has 1 unspecified atom stereocenters. The van der Waals surface area contributed by atoms with Gasteiger partial charge >= 0.3 is 6.03 Å². The van der Waals surface area contributed by atoms with Gasteiger partial charge in [0.2, 0.25) is 5.91 Å². The summed E-state index contributed by atoms with van der Waals surface area (Å²) < 4.78 is 0. The number of amides is 3. The molecule has 136 valence electrons. The zero-order chi connectivity index (χ0) is 19.1. The number of urea groups is 1. The van der Waals surface area contributed by atoms with Crippen LogP contribution in [0.4, 0.5) is 16.2 Å². The number of anilines is 2. The third kappa shape index (κ3) is 4.95. The minimum atomic E-state index is -0.697. The SMILES string of the molecule is CC(NC(=O)Nc1ccccc1)C(=O)Nc1ccccc1-c1ccccc1. The first-order valence-electron chi connectivity index (χ1n) is 8.71. The molecule has 0 fully saturated rings. The van der Waals surface area contributed by atoms with Crippen LogP contribution >= 0.6 is 0 Å². The lowest BCUT2D eigenvalue weighted by molar-refractivity contribution is -0.117. The Morgan fingerprint density at radius 1 is 0.741 bits per heavy atom. The number of rotatable bonds is 5. The lowest BCUT2D eigenvalue weighted by Crippen LogP contribution is -2.43. The van der Waals surface area contributed by atoms with Crippen molar-refractivity contribution in [1.29, 1.82) is 0 Å². The molecule has 1 atom stereocenters. The van der Waals surface area contributed by atoms with Gasteiger partial charge in [0, 0.05) is 16.9 Å². The molecular formula is C22H21N3O2. The summed E-state index contributed by atoms with van der Waals surface area (Å²) in [5, 5.41) is 8.24. The molecule has 0 heterocycles. The Kier molecular flexibility index (Phi) is 5.84. The van der Waals surface area contributed by atoms with E-state index < -0.39 is 12.1 Å². The predicted octanol–water partition coefficient (Wildman–Crippen LogP) is 4.50. The van der Waals surface area contributed by atoms with Gasteiger partial charge in [-0.3, -0.25) is 4.79 Å². The Labute approximate surface area is 158 Å². The molecule has 3 N–H and O–H groups in total. The van der Waals surface area contributed by atoms with Crippen LogP contribution in [0, 0.1) is 0 Å². The van der Waals surface area contributed by atoms with Crippen molar-refractivity contribution < 1.29 is 9.59 Å². The predicted molar refractivity (Wildman–Crippen MR) is 109 cm³/mol. The maximum Gasteiger partial charge on any atom is 0.319 e. The van der Waals surface area contributed by atoms with E-state index in [2.05, 4.69) is 16.0 Å². The molecule has 0 saturated carbocycles. The lowest BCUT2D eigenvalue weighted by Gasteiger charge is -2.17. The first-order chi connectivity index (χ1) is 13.1. The fourth-order valence-electron chi connectivity index (χ4n) is 2.65. The molecular weight excluding hydrogens is 338 g/mol. The van der Waals surface area contributed by atoms with Crippen LogP contribution < -0.4 is 16.0 Å². The second kappa shape index (κ2) is 8.67. The van der Waals surface area contributed by atoms with Gasteiger partial charge < -0.3 is 16.0 Å². The van der Waals surface area contributed by atoms with Gasteiger partial charge in [-0.15, -0.1) is 0 Å². The summed E-state index contributed by atoms with van der Waals surface area (Å²) in [6, 6.07) is 25.3. The summed E-state index contributed by atoms with van der Waals surface area (Å²) in [5.74, 6) is -0.290. The van der Waals surface area contributed by atoms with Crippen LogP contribution in [0.2, 0.25) is 0 Å². The van der Waals surface area contributed by atoms with E-state index in [1.165, 1.54) is 0 Å². The van der Waals surface area contributed by atoms with Crippen LogP contribution in [-0.4, -0.2) is 18.0 Å². The van der Waals surface area contributed by atoms with Crippen molar-refractivity contribution in [2.75, 3.05) is 10.6 Å². The molecule has 27 heavy (non-hydrogen) atoms. The highest BCUT2D eigenvalue weighted by Gasteiger charge is 2.17. The van der Waals surface area contributed by atoms with E-state index in [1.54, 1.807) is 19.1 Å². The molecule has 0 radical (unpaired) electrons. The van der Waals surface area contributed by atoms with Crippen molar-refractivity contribution >= 4 is 23.3 Å². The zero-order valence-electron chi connectivity index (χ0n) is 15.0. The van der Waals surface area contributed by atoms with Crippen LogP contribution in [0.3, 0.4) is 0 Å². The van der Waals surface area contributed by atoms with Crippen LogP contribution in [0.5, 0.6) is 0 Å². The van der Waals surface area contributed by atoms with Crippen LogP contribution in [0.25, 0.3) is 11.1 Å². The van der Waals surface area contributed by atoms with Gasteiger partial charge in [0.1, 0.15) is 6.04 Å². The average molecular weight is 359 g/mol. The third-order valence-corrected chi connectivity index (χ3v) is 4.04. The summed E-state index contributed by atoms with van der Waals surface area (Å²) in [6.07, 6.45) is 0. The smallest absolute Gasteiger partial charge is 0.319 e. The summed E-state index contributed by atoms with van der Waals surface area (Å²) in [4.78, 5) is 24.6. The highest BCUT2D eigenvalue weighted by atomic mass is 16.2. The van der Waals surface area contributed by atoms with Gasteiger partial charge in [-0.1, -0.05) is 66.7 Å². The molecule has 3 aromatic rings. The molecule has 3 amide bonds. The van der Waals surface area contributed by atoms with Crippen molar-refractivity contribution in [1.82, 2.24) is 5.32 Å². The minimum absolute atomic E-state index is 0.290. The zero-order valence-corrected chi connectivity index (χ0v) is 15.0. The molecule has 5 heteroatoms. The number of carbonyl (C=O) groups is 2. The normalized spacial score (nSPS) is 11.3. The van der Waals surface area contributed by atoms with E-state index in [9.17, 15) is 9.59 Å². The second-order valence-electron chi connectivity index (χ2n) is 6.09. The molecule has 3 rings (SSSR count). The number of nitrogens with one attached hydrogen (secondary N) is 3. The largest absolute Gasteiger partial charge is 0.326 e. The Morgan fingerprint density at radius 3 is 2.04 bits per heavy atom. The summed E-state index contributed by atoms with van der Waals surface area (Å²) >= 11 is 0. The van der Waals surface area contributed by atoms with E-state index in [4.69, 9.17) is 0 Å².